The van der Waals surface area contributed by atoms with Gasteiger partial charge in [-0.2, -0.15) is 4.98 Å². The molecule has 0 aliphatic carbocycles. The van der Waals surface area contributed by atoms with E-state index in [1.54, 1.807) is 7.05 Å². The van der Waals surface area contributed by atoms with Crippen molar-refractivity contribution < 1.29 is 4.74 Å². The Morgan fingerprint density at radius 3 is 2.93 bits per heavy atom. The molecule has 0 aromatic carbocycles. The molecule has 2 heterocycles. The predicted octanol–water partition coefficient (Wildman–Crippen LogP) is -0.812. The van der Waals surface area contributed by atoms with Crippen LogP contribution in [0.5, 0.6) is 0 Å². The van der Waals surface area contributed by atoms with Gasteiger partial charge in [-0.05, 0) is 0 Å². The lowest BCUT2D eigenvalue weighted by Gasteiger charge is -2.25. The molecule has 3 N–H and O–H groups in total. The molecule has 0 unspecified atom stereocenters. The van der Waals surface area contributed by atoms with E-state index in [0.29, 0.717) is 11.9 Å². The second-order valence-corrected chi connectivity index (χ2v) is 2.96. The van der Waals surface area contributed by atoms with Crippen LogP contribution in [0.15, 0.2) is 0 Å². The van der Waals surface area contributed by atoms with Crippen LogP contribution in [0.1, 0.15) is 0 Å². The highest BCUT2D eigenvalue weighted by Crippen LogP contribution is 2.10. The van der Waals surface area contributed by atoms with Gasteiger partial charge >= 0.3 is 0 Å². The molecule has 7 nitrogen and oxygen atoms in total. The van der Waals surface area contributed by atoms with E-state index in [-0.39, 0.29) is 0 Å². The van der Waals surface area contributed by atoms with Gasteiger partial charge in [-0.15, -0.1) is 5.10 Å². The maximum Gasteiger partial charge on any atom is 0.246 e. The minimum Gasteiger partial charge on any atom is -0.378 e. The van der Waals surface area contributed by atoms with Gasteiger partial charge in [0.2, 0.25) is 11.9 Å². The molecule has 1 aromatic rings. The molecule has 1 saturated heterocycles. The Hall–Kier alpha value is -1.34. The Balaban J connectivity index is 2.00. The van der Waals surface area contributed by atoms with E-state index in [4.69, 9.17) is 4.74 Å². The molecule has 0 radical (unpaired) electrons. The van der Waals surface area contributed by atoms with Crippen molar-refractivity contribution in [1.29, 1.82) is 0 Å². The fraction of sp³-hybridized carbons (Fsp3) is 0.714. The Bertz CT molecular complexity index is 281. The number of anilines is 2. The summed E-state index contributed by atoms with van der Waals surface area (Å²) in [6.45, 7) is 3.17. The monoisotopic (exact) mass is 198 g/mol. The van der Waals surface area contributed by atoms with Gasteiger partial charge < -0.3 is 9.64 Å². The van der Waals surface area contributed by atoms with E-state index in [0.717, 1.165) is 26.3 Å². The summed E-state index contributed by atoms with van der Waals surface area (Å²) >= 11 is 0. The minimum absolute atomic E-state index is 0.619. The van der Waals surface area contributed by atoms with Crippen molar-refractivity contribution in [2.75, 3.05) is 43.7 Å². The molecule has 7 heteroatoms. The van der Waals surface area contributed by atoms with Crippen molar-refractivity contribution in [2.24, 2.45) is 0 Å². The largest absolute Gasteiger partial charge is 0.378 e. The summed E-state index contributed by atoms with van der Waals surface area (Å²) in [6.07, 6.45) is 0. The SMILES string of the molecule is CNNc1nc(N2CCOCC2)n[nH]1. The van der Waals surface area contributed by atoms with Gasteiger partial charge in [0.05, 0.1) is 13.2 Å². The number of rotatable bonds is 3. The lowest BCUT2D eigenvalue weighted by Crippen LogP contribution is -2.36. The zero-order chi connectivity index (χ0) is 9.80. The van der Waals surface area contributed by atoms with Gasteiger partial charge in [0, 0.05) is 20.1 Å². The third-order valence-electron chi connectivity index (χ3n) is 2.01. The lowest BCUT2D eigenvalue weighted by molar-refractivity contribution is 0.122. The van der Waals surface area contributed by atoms with Crippen LogP contribution in [-0.2, 0) is 4.74 Å². The second-order valence-electron chi connectivity index (χ2n) is 2.96. The highest BCUT2D eigenvalue weighted by atomic mass is 16.5. The fourth-order valence-electron chi connectivity index (χ4n) is 1.33. The summed E-state index contributed by atoms with van der Waals surface area (Å²) in [4.78, 5) is 6.34. The van der Waals surface area contributed by atoms with Crippen molar-refractivity contribution in [3.05, 3.63) is 0 Å². The van der Waals surface area contributed by atoms with Gasteiger partial charge in [-0.25, -0.2) is 10.5 Å². The van der Waals surface area contributed by atoms with Crippen molar-refractivity contribution in [3.8, 4) is 0 Å². The number of ether oxygens (including phenoxy) is 1. The number of H-pyrrole nitrogens is 1. The molecule has 0 amide bonds. The van der Waals surface area contributed by atoms with Gasteiger partial charge in [-0.1, -0.05) is 0 Å². The van der Waals surface area contributed by atoms with Crippen LogP contribution in [0.2, 0.25) is 0 Å². The van der Waals surface area contributed by atoms with E-state index < -0.39 is 0 Å². The number of aromatic nitrogens is 3. The molecule has 1 aromatic heterocycles. The first kappa shape index (κ1) is 9.22. The quantitative estimate of drug-likeness (QED) is 0.551. The normalized spacial score (nSPS) is 17.1. The molecule has 1 fully saturated rings. The average molecular weight is 198 g/mol. The first-order valence-corrected chi connectivity index (χ1v) is 4.58. The summed E-state index contributed by atoms with van der Waals surface area (Å²) < 4.78 is 5.24. The Kier molecular flexibility index (Phi) is 2.80. The lowest BCUT2D eigenvalue weighted by atomic mass is 10.4. The van der Waals surface area contributed by atoms with E-state index in [2.05, 4.69) is 30.9 Å². The zero-order valence-corrected chi connectivity index (χ0v) is 8.08. The third-order valence-corrected chi connectivity index (χ3v) is 2.01. The average Bonchev–Trinajstić information content (AvgIpc) is 2.68. The standard InChI is InChI=1S/C7H14N6O/c1-8-10-6-9-7(12-11-6)13-2-4-14-5-3-13/h8H,2-5H2,1H3,(H2,9,10,11,12). The number of hydrogen-bond donors (Lipinski definition) is 3. The molecular formula is C7H14N6O. The molecule has 2 rings (SSSR count). The van der Waals surface area contributed by atoms with Crippen molar-refractivity contribution in [3.63, 3.8) is 0 Å². The van der Waals surface area contributed by atoms with E-state index in [1.165, 1.54) is 0 Å². The van der Waals surface area contributed by atoms with Crippen LogP contribution in [0, 0.1) is 0 Å². The van der Waals surface area contributed by atoms with Crippen molar-refractivity contribution >= 4 is 11.9 Å². The fourth-order valence-corrected chi connectivity index (χ4v) is 1.33. The van der Waals surface area contributed by atoms with Crippen LogP contribution in [-0.4, -0.2) is 48.5 Å². The minimum atomic E-state index is 0.619. The van der Waals surface area contributed by atoms with Crippen molar-refractivity contribution in [2.45, 2.75) is 0 Å². The van der Waals surface area contributed by atoms with E-state index >= 15 is 0 Å². The first-order chi connectivity index (χ1) is 6.90. The number of morpholine rings is 1. The summed E-state index contributed by atoms with van der Waals surface area (Å²) in [5, 5.41) is 6.88. The summed E-state index contributed by atoms with van der Waals surface area (Å²) in [6, 6.07) is 0. The van der Waals surface area contributed by atoms with Gasteiger partial charge in [-0.3, -0.25) is 5.43 Å². The molecular weight excluding hydrogens is 184 g/mol. The van der Waals surface area contributed by atoms with Crippen LogP contribution < -0.4 is 15.8 Å². The number of hydrogen-bond acceptors (Lipinski definition) is 6. The highest BCUT2D eigenvalue weighted by Gasteiger charge is 2.15. The molecule has 78 valence electrons. The summed E-state index contributed by atoms with van der Waals surface area (Å²) in [5.41, 5.74) is 5.60. The van der Waals surface area contributed by atoms with E-state index in [9.17, 15) is 0 Å². The third kappa shape index (κ3) is 1.94. The maximum absolute atomic E-state index is 5.24. The summed E-state index contributed by atoms with van der Waals surface area (Å²) in [5.74, 6) is 1.33. The van der Waals surface area contributed by atoms with Crippen LogP contribution >= 0.6 is 0 Å². The number of nitrogens with one attached hydrogen (secondary N) is 3. The molecule has 1 aliphatic heterocycles. The van der Waals surface area contributed by atoms with E-state index in [1.807, 2.05) is 0 Å². The maximum atomic E-state index is 5.24. The Labute approximate surface area is 81.8 Å². The molecule has 0 saturated carbocycles. The second kappa shape index (κ2) is 4.25. The number of hydrazine groups is 1. The van der Waals surface area contributed by atoms with Crippen LogP contribution in [0.25, 0.3) is 0 Å². The van der Waals surface area contributed by atoms with Gasteiger partial charge in [0.15, 0.2) is 0 Å². The number of nitrogens with zero attached hydrogens (tertiary/aromatic N) is 3. The topological polar surface area (TPSA) is 78.1 Å². The Morgan fingerprint density at radius 1 is 1.43 bits per heavy atom. The van der Waals surface area contributed by atoms with Crippen molar-refractivity contribution in [1.82, 2.24) is 20.6 Å². The molecule has 0 bridgehead atoms. The molecule has 0 atom stereocenters. The molecule has 1 aliphatic rings. The molecule has 14 heavy (non-hydrogen) atoms. The van der Waals surface area contributed by atoms with Gasteiger partial charge in [0.1, 0.15) is 0 Å². The van der Waals surface area contributed by atoms with Crippen LogP contribution in [0.4, 0.5) is 11.9 Å². The zero-order valence-electron chi connectivity index (χ0n) is 8.08. The summed E-state index contributed by atoms with van der Waals surface area (Å²) in [7, 11) is 1.77. The highest BCUT2D eigenvalue weighted by molar-refractivity contribution is 5.36. The first-order valence-electron chi connectivity index (χ1n) is 4.58. The number of aromatic amines is 1. The smallest absolute Gasteiger partial charge is 0.246 e. The molecule has 0 spiro atoms. The van der Waals surface area contributed by atoms with Gasteiger partial charge in [0.25, 0.3) is 0 Å². The van der Waals surface area contributed by atoms with Crippen LogP contribution in [0.3, 0.4) is 0 Å². The predicted molar refractivity (Wildman–Crippen MR) is 52.1 cm³/mol. The Morgan fingerprint density at radius 2 is 2.21 bits per heavy atom.